The van der Waals surface area contributed by atoms with Crippen LogP contribution in [0.4, 0.5) is 5.69 Å². The molecule has 0 aromatic heterocycles. The third-order valence-electron chi connectivity index (χ3n) is 7.14. The average molecular weight is 669 g/mol. The van der Waals surface area contributed by atoms with Crippen LogP contribution in [-0.4, -0.2) is 51.4 Å². The van der Waals surface area contributed by atoms with E-state index in [1.54, 1.807) is 60.7 Å². The van der Waals surface area contributed by atoms with E-state index < -0.39 is 28.5 Å². The zero-order valence-electron chi connectivity index (χ0n) is 25.0. The highest BCUT2D eigenvalue weighted by molar-refractivity contribution is 7.92. The van der Waals surface area contributed by atoms with Crippen LogP contribution in [0.15, 0.2) is 108 Å². The molecule has 0 fully saturated rings. The average Bonchev–Trinajstić information content (AvgIpc) is 3.05. The minimum Gasteiger partial charge on any atom is -0.495 e. The number of ether oxygens (including phenoxy) is 1. The highest BCUT2D eigenvalue weighted by atomic mass is 35.5. The molecule has 0 aliphatic heterocycles. The van der Waals surface area contributed by atoms with Crippen molar-refractivity contribution >= 4 is 50.7 Å². The molecule has 0 bridgehead atoms. The molecule has 2 amide bonds. The van der Waals surface area contributed by atoms with Crippen molar-refractivity contribution < 1.29 is 22.7 Å². The van der Waals surface area contributed by atoms with E-state index in [-0.39, 0.29) is 35.2 Å². The second-order valence-electron chi connectivity index (χ2n) is 10.3. The van der Waals surface area contributed by atoms with Crippen molar-refractivity contribution in [2.45, 2.75) is 37.2 Å². The Labute approximate surface area is 274 Å². The molecule has 236 valence electrons. The van der Waals surface area contributed by atoms with E-state index in [9.17, 15) is 18.0 Å². The van der Waals surface area contributed by atoms with Crippen LogP contribution in [-0.2, 0) is 32.6 Å². The Balaban J connectivity index is 1.83. The third-order valence-corrected chi connectivity index (χ3v) is 9.50. The summed E-state index contributed by atoms with van der Waals surface area (Å²) in [4.78, 5) is 29.7. The van der Waals surface area contributed by atoms with Crippen LogP contribution in [0.3, 0.4) is 0 Å². The Bertz CT molecular complexity index is 1710. The van der Waals surface area contributed by atoms with Gasteiger partial charge in [-0.15, -0.1) is 0 Å². The van der Waals surface area contributed by atoms with E-state index in [0.29, 0.717) is 28.6 Å². The molecule has 0 saturated carbocycles. The smallest absolute Gasteiger partial charge is 0.264 e. The van der Waals surface area contributed by atoms with Gasteiger partial charge in [0.25, 0.3) is 10.0 Å². The fourth-order valence-electron chi connectivity index (χ4n) is 4.82. The van der Waals surface area contributed by atoms with E-state index in [1.165, 1.54) is 24.1 Å². The number of carbonyl (C=O) groups is 2. The number of methoxy groups -OCH3 is 1. The summed E-state index contributed by atoms with van der Waals surface area (Å²) < 4.78 is 34.8. The van der Waals surface area contributed by atoms with Gasteiger partial charge in [0.05, 0.1) is 17.7 Å². The second-order valence-corrected chi connectivity index (χ2v) is 13.0. The van der Waals surface area contributed by atoms with E-state index in [0.717, 1.165) is 9.87 Å². The molecule has 1 N–H and O–H groups in total. The zero-order valence-corrected chi connectivity index (χ0v) is 27.4. The van der Waals surface area contributed by atoms with Crippen molar-refractivity contribution in [1.29, 1.82) is 0 Å². The van der Waals surface area contributed by atoms with Gasteiger partial charge in [-0.1, -0.05) is 96.9 Å². The first-order valence-electron chi connectivity index (χ1n) is 14.4. The van der Waals surface area contributed by atoms with Crippen LogP contribution >= 0.6 is 23.2 Å². The molecule has 0 radical (unpaired) electrons. The summed E-state index contributed by atoms with van der Waals surface area (Å²) in [6.45, 7) is 1.65. The summed E-state index contributed by atoms with van der Waals surface area (Å²) in [6, 6.07) is 27.6. The summed E-state index contributed by atoms with van der Waals surface area (Å²) in [5.41, 5.74) is 1.55. The van der Waals surface area contributed by atoms with Crippen LogP contribution in [0, 0.1) is 0 Å². The number of benzene rings is 4. The molecule has 0 heterocycles. The first-order valence-corrected chi connectivity index (χ1v) is 16.6. The van der Waals surface area contributed by atoms with Crippen molar-refractivity contribution in [3.05, 3.63) is 124 Å². The standard InChI is InChI=1S/C34H35Cl2N3O5S/c1-3-20-37-34(41)31(21-25-12-6-4-7-13-25)38(23-26-18-19-27(35)22-29(26)36)33(40)24-39(30-16-10-11-17-32(30)44-2)45(42,43)28-14-8-5-9-15-28/h4-19,22,31H,3,20-21,23-24H2,1-2H3,(H,37,41)/t31-/m0/s1. The van der Waals surface area contributed by atoms with Crippen molar-refractivity contribution in [2.24, 2.45) is 0 Å². The number of carbonyl (C=O) groups excluding carboxylic acids is 2. The Morgan fingerprint density at radius 3 is 2.18 bits per heavy atom. The summed E-state index contributed by atoms with van der Waals surface area (Å²) in [5, 5.41) is 3.65. The number of amides is 2. The normalized spacial score (nSPS) is 11.8. The van der Waals surface area contributed by atoms with Crippen molar-refractivity contribution in [3.63, 3.8) is 0 Å². The molecule has 0 aliphatic carbocycles. The number of halogens is 2. The molecular formula is C34H35Cl2N3O5S. The maximum absolute atomic E-state index is 14.5. The zero-order chi connectivity index (χ0) is 32.4. The summed E-state index contributed by atoms with van der Waals surface area (Å²) in [5.74, 6) is -0.716. The van der Waals surface area contributed by atoms with Gasteiger partial charge in [0.1, 0.15) is 18.3 Å². The van der Waals surface area contributed by atoms with E-state index >= 15 is 0 Å². The molecule has 1 atom stereocenters. The van der Waals surface area contributed by atoms with Gasteiger partial charge in [0.15, 0.2) is 0 Å². The topological polar surface area (TPSA) is 96.0 Å². The predicted molar refractivity (Wildman–Crippen MR) is 178 cm³/mol. The molecule has 4 aromatic carbocycles. The van der Waals surface area contributed by atoms with Gasteiger partial charge in [-0.3, -0.25) is 13.9 Å². The number of anilines is 1. The van der Waals surface area contributed by atoms with Crippen LogP contribution in [0.2, 0.25) is 10.0 Å². The van der Waals surface area contributed by atoms with Crippen molar-refractivity contribution in [3.8, 4) is 5.75 Å². The van der Waals surface area contributed by atoms with Gasteiger partial charge in [-0.2, -0.15) is 0 Å². The molecule has 4 rings (SSSR count). The van der Waals surface area contributed by atoms with Gasteiger partial charge in [-0.05, 0) is 53.9 Å². The number of nitrogens with one attached hydrogen (secondary N) is 1. The number of para-hydroxylation sites is 2. The molecule has 0 saturated heterocycles. The summed E-state index contributed by atoms with van der Waals surface area (Å²) >= 11 is 12.7. The molecule has 45 heavy (non-hydrogen) atoms. The SMILES string of the molecule is CCCNC(=O)[C@H](Cc1ccccc1)N(Cc1ccc(Cl)cc1Cl)C(=O)CN(c1ccccc1OC)S(=O)(=O)c1ccccc1. The highest BCUT2D eigenvalue weighted by Gasteiger charge is 2.35. The summed E-state index contributed by atoms with van der Waals surface area (Å²) in [7, 11) is -2.83. The summed E-state index contributed by atoms with van der Waals surface area (Å²) in [6.07, 6.45) is 0.880. The fraction of sp³-hybridized carbons (Fsp3) is 0.235. The predicted octanol–water partition coefficient (Wildman–Crippen LogP) is 6.36. The van der Waals surface area contributed by atoms with E-state index in [1.807, 2.05) is 37.3 Å². The molecule has 8 nitrogen and oxygen atoms in total. The number of sulfonamides is 1. The molecular weight excluding hydrogens is 633 g/mol. The molecule has 0 aliphatic rings. The molecule has 0 unspecified atom stereocenters. The maximum Gasteiger partial charge on any atom is 0.264 e. The fourth-order valence-corrected chi connectivity index (χ4v) is 6.74. The Morgan fingerprint density at radius 2 is 1.53 bits per heavy atom. The minimum atomic E-state index is -4.26. The van der Waals surface area contributed by atoms with Crippen LogP contribution in [0.1, 0.15) is 24.5 Å². The molecule has 4 aromatic rings. The van der Waals surface area contributed by atoms with Gasteiger partial charge >= 0.3 is 0 Å². The van der Waals surface area contributed by atoms with E-state index in [2.05, 4.69) is 5.32 Å². The monoisotopic (exact) mass is 667 g/mol. The second kappa shape index (κ2) is 15.8. The minimum absolute atomic E-state index is 0.00229. The molecule has 0 spiro atoms. The lowest BCUT2D eigenvalue weighted by Gasteiger charge is -2.34. The van der Waals surface area contributed by atoms with E-state index in [4.69, 9.17) is 27.9 Å². The maximum atomic E-state index is 14.5. The van der Waals surface area contributed by atoms with Gasteiger partial charge in [0.2, 0.25) is 11.8 Å². The first-order chi connectivity index (χ1) is 21.6. The lowest BCUT2D eigenvalue weighted by atomic mass is 10.0. The third kappa shape index (κ3) is 8.57. The lowest BCUT2D eigenvalue weighted by molar-refractivity contribution is -0.140. The number of nitrogens with zero attached hydrogens (tertiary/aromatic N) is 2. The first kappa shape index (κ1) is 33.8. The largest absolute Gasteiger partial charge is 0.495 e. The van der Waals surface area contributed by atoms with Crippen LogP contribution in [0.5, 0.6) is 5.75 Å². The van der Waals surface area contributed by atoms with Gasteiger partial charge in [0, 0.05) is 29.6 Å². The van der Waals surface area contributed by atoms with Crippen LogP contribution < -0.4 is 14.4 Å². The Kier molecular flexibility index (Phi) is 11.9. The highest BCUT2D eigenvalue weighted by Crippen LogP contribution is 2.33. The van der Waals surface area contributed by atoms with Crippen molar-refractivity contribution in [2.75, 3.05) is 24.5 Å². The number of hydrogen-bond acceptors (Lipinski definition) is 5. The van der Waals surface area contributed by atoms with Crippen LogP contribution in [0.25, 0.3) is 0 Å². The lowest BCUT2D eigenvalue weighted by Crippen LogP contribution is -2.53. The van der Waals surface area contributed by atoms with Gasteiger partial charge < -0.3 is 15.0 Å². The Morgan fingerprint density at radius 1 is 0.889 bits per heavy atom. The Hall–Kier alpha value is -4.05. The van der Waals surface area contributed by atoms with Crippen molar-refractivity contribution in [1.82, 2.24) is 10.2 Å². The molecule has 11 heteroatoms. The number of hydrogen-bond donors (Lipinski definition) is 1. The number of rotatable bonds is 14. The quantitative estimate of drug-likeness (QED) is 0.169. The van der Waals surface area contributed by atoms with Gasteiger partial charge in [-0.25, -0.2) is 8.42 Å².